The van der Waals surface area contributed by atoms with Crippen LogP contribution in [0.2, 0.25) is 0 Å². The molecule has 4 nitrogen and oxygen atoms in total. The second-order valence-corrected chi connectivity index (χ2v) is 6.61. The Bertz CT molecular complexity index is 653. The predicted octanol–water partition coefficient (Wildman–Crippen LogP) is 3.83. The Morgan fingerprint density at radius 1 is 1.39 bits per heavy atom. The van der Waals surface area contributed by atoms with Gasteiger partial charge in [0.25, 0.3) is 0 Å². The van der Waals surface area contributed by atoms with Gasteiger partial charge in [0, 0.05) is 29.2 Å². The molecule has 1 heterocycles. The van der Waals surface area contributed by atoms with Crippen molar-refractivity contribution < 1.29 is 13.7 Å². The largest absolute Gasteiger partial charge is 0.361 e. The summed E-state index contributed by atoms with van der Waals surface area (Å²) in [5, 5.41) is 6.79. The van der Waals surface area contributed by atoms with E-state index in [-0.39, 0.29) is 17.6 Å². The third-order valence-corrected chi connectivity index (χ3v) is 4.64. The van der Waals surface area contributed by atoms with Gasteiger partial charge in [-0.05, 0) is 31.9 Å². The van der Waals surface area contributed by atoms with Gasteiger partial charge in [-0.3, -0.25) is 4.79 Å². The number of hydrogen-bond donors (Lipinski definition) is 1. The summed E-state index contributed by atoms with van der Waals surface area (Å²) in [6, 6.07) is 6.64. The minimum absolute atomic E-state index is 0.0216. The van der Waals surface area contributed by atoms with Crippen molar-refractivity contribution in [3.8, 4) is 0 Å². The van der Waals surface area contributed by atoms with Crippen LogP contribution < -0.4 is 5.32 Å². The number of nitrogens with zero attached hydrogens (tertiary/aromatic N) is 1. The molecule has 0 aliphatic heterocycles. The summed E-state index contributed by atoms with van der Waals surface area (Å²) < 4.78 is 18.6. The Kier molecular flexibility index (Phi) is 6.21. The summed E-state index contributed by atoms with van der Waals surface area (Å²) in [6.07, 6.45) is 0.382. The lowest BCUT2D eigenvalue weighted by Crippen LogP contribution is -2.26. The van der Waals surface area contributed by atoms with Crippen molar-refractivity contribution in [1.82, 2.24) is 10.5 Å². The van der Waals surface area contributed by atoms with Crippen LogP contribution in [0, 0.1) is 19.7 Å². The van der Waals surface area contributed by atoms with Gasteiger partial charge in [0.05, 0.1) is 5.69 Å². The monoisotopic (exact) mass is 336 g/mol. The SMILES string of the molecule is Cc1noc(C)c1C(C)CC(=O)NCCSc1ccccc1F. The molecule has 0 aliphatic carbocycles. The molecule has 23 heavy (non-hydrogen) atoms. The van der Waals surface area contributed by atoms with Crippen LogP contribution in [0.4, 0.5) is 4.39 Å². The minimum atomic E-state index is -0.226. The van der Waals surface area contributed by atoms with E-state index in [1.165, 1.54) is 17.8 Å². The van der Waals surface area contributed by atoms with Gasteiger partial charge in [-0.15, -0.1) is 11.8 Å². The first-order valence-electron chi connectivity index (χ1n) is 7.55. The molecule has 2 rings (SSSR count). The minimum Gasteiger partial charge on any atom is -0.361 e. The lowest BCUT2D eigenvalue weighted by Gasteiger charge is -2.11. The highest BCUT2D eigenvalue weighted by Gasteiger charge is 2.19. The fourth-order valence-corrected chi connectivity index (χ4v) is 3.36. The number of halogens is 1. The third-order valence-electron chi connectivity index (χ3n) is 3.59. The van der Waals surface area contributed by atoms with Gasteiger partial charge in [0.2, 0.25) is 5.91 Å². The van der Waals surface area contributed by atoms with Gasteiger partial charge in [-0.2, -0.15) is 0 Å². The van der Waals surface area contributed by atoms with E-state index in [4.69, 9.17) is 4.52 Å². The Morgan fingerprint density at radius 2 is 2.13 bits per heavy atom. The zero-order chi connectivity index (χ0) is 16.8. The first-order chi connectivity index (χ1) is 11.0. The van der Waals surface area contributed by atoms with E-state index in [1.807, 2.05) is 20.8 Å². The van der Waals surface area contributed by atoms with Gasteiger partial charge in [0.1, 0.15) is 11.6 Å². The fourth-order valence-electron chi connectivity index (χ4n) is 2.56. The van der Waals surface area contributed by atoms with Crippen LogP contribution in [-0.4, -0.2) is 23.4 Å². The Labute approximate surface area is 139 Å². The van der Waals surface area contributed by atoms with Crippen molar-refractivity contribution in [1.29, 1.82) is 0 Å². The van der Waals surface area contributed by atoms with E-state index in [2.05, 4.69) is 10.5 Å². The second kappa shape index (κ2) is 8.15. The topological polar surface area (TPSA) is 55.1 Å². The molecule has 124 valence electrons. The zero-order valence-corrected chi connectivity index (χ0v) is 14.4. The van der Waals surface area contributed by atoms with E-state index < -0.39 is 0 Å². The second-order valence-electron chi connectivity index (χ2n) is 5.47. The number of thioether (sulfide) groups is 1. The van der Waals surface area contributed by atoms with Gasteiger partial charge in [-0.1, -0.05) is 24.2 Å². The summed E-state index contributed by atoms with van der Waals surface area (Å²) in [7, 11) is 0. The third kappa shape index (κ3) is 4.82. The number of hydrogen-bond acceptors (Lipinski definition) is 4. The van der Waals surface area contributed by atoms with Crippen LogP contribution in [0.5, 0.6) is 0 Å². The number of amides is 1. The van der Waals surface area contributed by atoms with Crippen molar-refractivity contribution in [3.05, 3.63) is 47.1 Å². The smallest absolute Gasteiger partial charge is 0.220 e. The molecule has 0 aliphatic rings. The molecule has 0 fully saturated rings. The van der Waals surface area contributed by atoms with Crippen molar-refractivity contribution in [2.75, 3.05) is 12.3 Å². The molecule has 1 atom stereocenters. The Balaban J connectivity index is 1.74. The Hall–Kier alpha value is -1.82. The van der Waals surface area contributed by atoms with Gasteiger partial charge < -0.3 is 9.84 Å². The highest BCUT2D eigenvalue weighted by atomic mass is 32.2. The van der Waals surface area contributed by atoms with Crippen molar-refractivity contribution >= 4 is 17.7 Å². The molecule has 6 heteroatoms. The van der Waals surface area contributed by atoms with Gasteiger partial charge in [0.15, 0.2) is 0 Å². The normalized spacial score (nSPS) is 12.2. The van der Waals surface area contributed by atoms with Crippen molar-refractivity contribution in [2.45, 2.75) is 38.0 Å². The van der Waals surface area contributed by atoms with E-state index in [9.17, 15) is 9.18 Å². The van der Waals surface area contributed by atoms with Crippen molar-refractivity contribution in [3.63, 3.8) is 0 Å². The van der Waals surface area contributed by atoms with E-state index in [1.54, 1.807) is 18.2 Å². The molecule has 1 amide bonds. The Morgan fingerprint density at radius 3 is 2.78 bits per heavy atom. The maximum atomic E-state index is 13.5. The number of aryl methyl sites for hydroxylation is 2. The molecule has 0 spiro atoms. The predicted molar refractivity (Wildman–Crippen MR) is 89.1 cm³/mol. The summed E-state index contributed by atoms with van der Waals surface area (Å²) >= 11 is 1.40. The molecule has 0 radical (unpaired) electrons. The highest BCUT2D eigenvalue weighted by Crippen LogP contribution is 2.25. The molecule has 1 aromatic carbocycles. The highest BCUT2D eigenvalue weighted by molar-refractivity contribution is 7.99. The van der Waals surface area contributed by atoms with Crippen LogP contribution in [-0.2, 0) is 4.79 Å². The average Bonchev–Trinajstić information content (AvgIpc) is 2.84. The van der Waals surface area contributed by atoms with Crippen molar-refractivity contribution in [2.24, 2.45) is 0 Å². The van der Waals surface area contributed by atoms with Crippen LogP contribution in [0.25, 0.3) is 0 Å². The summed E-state index contributed by atoms with van der Waals surface area (Å²) in [5.41, 5.74) is 1.83. The molecule has 1 N–H and O–H groups in total. The summed E-state index contributed by atoms with van der Waals surface area (Å²) in [6.45, 7) is 6.23. The fraction of sp³-hybridized carbons (Fsp3) is 0.412. The molecule has 0 saturated heterocycles. The van der Waals surface area contributed by atoms with Gasteiger partial charge in [-0.25, -0.2) is 4.39 Å². The maximum absolute atomic E-state index is 13.5. The first-order valence-corrected chi connectivity index (χ1v) is 8.54. The van der Waals surface area contributed by atoms with E-state index in [0.29, 0.717) is 23.6 Å². The maximum Gasteiger partial charge on any atom is 0.220 e. The number of carbonyl (C=O) groups excluding carboxylic acids is 1. The van der Waals surface area contributed by atoms with Crippen LogP contribution in [0.1, 0.15) is 36.3 Å². The number of carbonyl (C=O) groups is 1. The van der Waals surface area contributed by atoms with Crippen LogP contribution in [0.15, 0.2) is 33.7 Å². The number of rotatable bonds is 7. The van der Waals surface area contributed by atoms with E-state index >= 15 is 0 Å². The molecule has 0 bridgehead atoms. The molecule has 1 aromatic heterocycles. The molecular formula is C17H21FN2O2S. The number of aromatic nitrogens is 1. The quantitative estimate of drug-likeness (QED) is 0.617. The molecule has 0 saturated carbocycles. The van der Waals surface area contributed by atoms with Gasteiger partial charge >= 0.3 is 0 Å². The number of nitrogens with one attached hydrogen (secondary N) is 1. The lowest BCUT2D eigenvalue weighted by atomic mass is 9.96. The standard InChI is InChI=1S/C17H21FN2O2S/c1-11(17-12(2)20-22-13(17)3)10-16(21)19-8-9-23-15-7-5-4-6-14(15)18/h4-7,11H,8-10H2,1-3H3,(H,19,21). The summed E-state index contributed by atoms with van der Waals surface area (Å²) in [4.78, 5) is 12.6. The van der Waals surface area contributed by atoms with Crippen LogP contribution >= 0.6 is 11.8 Å². The zero-order valence-electron chi connectivity index (χ0n) is 13.6. The molecular weight excluding hydrogens is 315 g/mol. The summed E-state index contributed by atoms with van der Waals surface area (Å²) in [5.74, 6) is 1.20. The molecule has 1 unspecified atom stereocenters. The molecule has 2 aromatic rings. The lowest BCUT2D eigenvalue weighted by molar-refractivity contribution is -0.121. The van der Waals surface area contributed by atoms with Crippen LogP contribution in [0.3, 0.4) is 0 Å². The average molecular weight is 336 g/mol. The first kappa shape index (κ1) is 17.5. The van der Waals surface area contributed by atoms with E-state index in [0.717, 1.165) is 17.0 Å². The number of benzene rings is 1.